The zero-order valence-corrected chi connectivity index (χ0v) is 17.7. The Labute approximate surface area is 177 Å². The first-order valence-corrected chi connectivity index (χ1v) is 10.6. The van der Waals surface area contributed by atoms with Crippen LogP contribution < -0.4 is 4.90 Å². The molecule has 4 heterocycles. The van der Waals surface area contributed by atoms with Gasteiger partial charge in [-0.3, -0.25) is 0 Å². The molecule has 0 atom stereocenters. The molecule has 0 unspecified atom stereocenters. The number of thiophene rings is 1. The summed E-state index contributed by atoms with van der Waals surface area (Å²) in [7, 11) is 3.95. The van der Waals surface area contributed by atoms with E-state index >= 15 is 0 Å². The summed E-state index contributed by atoms with van der Waals surface area (Å²) in [6, 6.07) is 5.63. The van der Waals surface area contributed by atoms with E-state index in [4.69, 9.17) is 14.7 Å². The van der Waals surface area contributed by atoms with Crippen molar-refractivity contribution < 1.29 is 9.84 Å². The Morgan fingerprint density at radius 3 is 2.67 bits per heavy atom. The van der Waals surface area contributed by atoms with Crippen molar-refractivity contribution in [3.05, 3.63) is 36.2 Å². The van der Waals surface area contributed by atoms with Gasteiger partial charge < -0.3 is 19.6 Å². The maximum atomic E-state index is 10.5. The molecule has 1 N–H and O–H groups in total. The molecule has 0 amide bonds. The van der Waals surface area contributed by atoms with Crippen LogP contribution in [0, 0.1) is 0 Å². The van der Waals surface area contributed by atoms with E-state index in [0.717, 1.165) is 50.6 Å². The Balaban J connectivity index is 1.68. The van der Waals surface area contributed by atoms with Crippen molar-refractivity contribution in [1.29, 1.82) is 0 Å². The molecule has 154 valence electrons. The Hall–Kier alpha value is -2.88. The third kappa shape index (κ3) is 3.45. The lowest BCUT2D eigenvalue weighted by atomic mass is 10.1. The largest absolute Gasteiger partial charge is 0.508 e. The quantitative estimate of drug-likeness (QED) is 0.537. The summed E-state index contributed by atoms with van der Waals surface area (Å²) in [5.41, 5.74) is 3.22. The van der Waals surface area contributed by atoms with Gasteiger partial charge in [0.25, 0.3) is 0 Å². The number of aromatic nitrogens is 4. The van der Waals surface area contributed by atoms with Crippen molar-refractivity contribution in [2.75, 3.05) is 45.3 Å². The summed E-state index contributed by atoms with van der Waals surface area (Å²) in [4.78, 5) is 23.8. The number of hydrogen-bond donors (Lipinski definition) is 1. The van der Waals surface area contributed by atoms with Crippen molar-refractivity contribution >= 4 is 37.7 Å². The molecular weight excluding hydrogens is 400 g/mol. The van der Waals surface area contributed by atoms with Crippen molar-refractivity contribution in [3.8, 4) is 17.1 Å². The van der Waals surface area contributed by atoms with E-state index in [0.29, 0.717) is 25.6 Å². The lowest BCUT2D eigenvalue weighted by Crippen LogP contribution is -2.36. The Morgan fingerprint density at radius 2 is 1.90 bits per heavy atom. The van der Waals surface area contributed by atoms with Crippen LogP contribution >= 0.6 is 11.3 Å². The zero-order valence-electron chi connectivity index (χ0n) is 16.9. The van der Waals surface area contributed by atoms with Gasteiger partial charge in [-0.1, -0.05) is 12.1 Å². The topological polar surface area (TPSA) is 87.5 Å². The van der Waals surface area contributed by atoms with Crippen LogP contribution in [0.3, 0.4) is 0 Å². The number of anilines is 1. The van der Waals surface area contributed by atoms with Crippen LogP contribution in [0.15, 0.2) is 30.6 Å². The van der Waals surface area contributed by atoms with Crippen LogP contribution in [0.25, 0.3) is 32.0 Å². The van der Waals surface area contributed by atoms with Gasteiger partial charge in [-0.25, -0.2) is 19.9 Å². The second-order valence-corrected chi connectivity index (χ2v) is 8.54. The Bertz CT molecular complexity index is 1220. The van der Waals surface area contributed by atoms with E-state index in [-0.39, 0.29) is 5.75 Å². The van der Waals surface area contributed by atoms with Crippen molar-refractivity contribution in [2.24, 2.45) is 0 Å². The van der Waals surface area contributed by atoms with Crippen LogP contribution in [0.4, 0.5) is 5.82 Å². The molecule has 0 saturated carbocycles. The summed E-state index contributed by atoms with van der Waals surface area (Å²) in [5, 5.41) is 10.5. The molecule has 1 fully saturated rings. The highest BCUT2D eigenvalue weighted by molar-refractivity contribution is 7.25. The van der Waals surface area contributed by atoms with Crippen LogP contribution in [0.5, 0.6) is 5.75 Å². The molecule has 0 bridgehead atoms. The number of hydrogen-bond acceptors (Lipinski definition) is 9. The molecule has 1 aliphatic heterocycles. The summed E-state index contributed by atoms with van der Waals surface area (Å²) >= 11 is 1.56. The van der Waals surface area contributed by atoms with Crippen molar-refractivity contribution in [3.63, 3.8) is 0 Å². The minimum absolute atomic E-state index is 0.243. The molecule has 0 radical (unpaired) electrons. The van der Waals surface area contributed by atoms with Gasteiger partial charge in [0.1, 0.15) is 21.6 Å². The van der Waals surface area contributed by atoms with Crippen molar-refractivity contribution in [2.45, 2.75) is 6.54 Å². The fourth-order valence-electron chi connectivity index (χ4n) is 3.65. The van der Waals surface area contributed by atoms with E-state index in [2.05, 4.69) is 14.9 Å². The normalized spacial score (nSPS) is 14.8. The summed E-state index contributed by atoms with van der Waals surface area (Å²) in [6.07, 6.45) is 3.38. The monoisotopic (exact) mass is 422 g/mol. The average Bonchev–Trinajstić information content (AvgIpc) is 3.13. The highest BCUT2D eigenvalue weighted by Crippen LogP contribution is 2.38. The molecule has 1 saturated heterocycles. The summed E-state index contributed by atoms with van der Waals surface area (Å²) in [6.45, 7) is 3.54. The average molecular weight is 423 g/mol. The maximum Gasteiger partial charge on any atom is 0.162 e. The lowest BCUT2D eigenvalue weighted by Gasteiger charge is -2.28. The molecule has 4 aromatic rings. The standard InChI is InChI=1S/C21H22N6O2S/c1-26(2)12-14-4-3-13(11-15(14)28)19-24-16-17-21(23-6-5-22-17)30-18(16)20(25-19)27-7-9-29-10-8-27/h3-6,11,28H,7-10,12H2,1-2H3. The van der Waals surface area contributed by atoms with Gasteiger partial charge in [-0.2, -0.15) is 0 Å². The number of aromatic hydroxyl groups is 1. The molecule has 0 aliphatic carbocycles. The number of phenolic OH excluding ortho intramolecular Hbond substituents is 1. The predicted molar refractivity (Wildman–Crippen MR) is 118 cm³/mol. The maximum absolute atomic E-state index is 10.5. The van der Waals surface area contributed by atoms with Crippen LogP contribution in [0.2, 0.25) is 0 Å². The molecular formula is C21H22N6O2S. The first-order chi connectivity index (χ1) is 14.6. The number of nitrogens with zero attached hydrogens (tertiary/aromatic N) is 6. The van der Waals surface area contributed by atoms with E-state index in [1.165, 1.54) is 0 Å². The summed E-state index contributed by atoms with van der Waals surface area (Å²) < 4.78 is 6.51. The van der Waals surface area contributed by atoms with Gasteiger partial charge in [-0.05, 0) is 20.2 Å². The van der Waals surface area contributed by atoms with Crippen LogP contribution in [0.1, 0.15) is 5.56 Å². The van der Waals surface area contributed by atoms with Gasteiger partial charge in [0.2, 0.25) is 0 Å². The number of ether oxygens (including phenoxy) is 1. The van der Waals surface area contributed by atoms with Crippen LogP contribution in [-0.2, 0) is 11.3 Å². The molecule has 8 nitrogen and oxygen atoms in total. The van der Waals surface area contributed by atoms with Gasteiger partial charge in [0, 0.05) is 43.2 Å². The molecule has 3 aromatic heterocycles. The Kier molecular flexibility index (Phi) is 4.93. The second kappa shape index (κ2) is 7.75. The number of rotatable bonds is 4. The van der Waals surface area contributed by atoms with Gasteiger partial charge >= 0.3 is 0 Å². The summed E-state index contributed by atoms with van der Waals surface area (Å²) in [5.74, 6) is 1.69. The highest BCUT2D eigenvalue weighted by Gasteiger charge is 2.22. The molecule has 9 heteroatoms. The molecule has 1 aromatic carbocycles. The van der Waals surface area contributed by atoms with E-state index in [9.17, 15) is 5.11 Å². The smallest absolute Gasteiger partial charge is 0.162 e. The third-order valence-corrected chi connectivity index (χ3v) is 6.15. The number of fused-ring (bicyclic) bond motifs is 3. The second-order valence-electron chi connectivity index (χ2n) is 7.54. The van der Waals surface area contributed by atoms with Crippen molar-refractivity contribution in [1.82, 2.24) is 24.8 Å². The highest BCUT2D eigenvalue weighted by atomic mass is 32.1. The first kappa shape index (κ1) is 19.1. The molecule has 5 rings (SSSR count). The van der Waals surface area contributed by atoms with Gasteiger partial charge in [0.15, 0.2) is 11.6 Å². The first-order valence-electron chi connectivity index (χ1n) is 9.81. The Morgan fingerprint density at radius 1 is 1.10 bits per heavy atom. The number of phenols is 1. The molecule has 1 aliphatic rings. The fourth-order valence-corrected chi connectivity index (χ4v) is 4.71. The molecule has 30 heavy (non-hydrogen) atoms. The van der Waals surface area contributed by atoms with E-state index in [1.54, 1.807) is 29.8 Å². The van der Waals surface area contributed by atoms with Crippen LogP contribution in [-0.4, -0.2) is 70.3 Å². The number of benzene rings is 1. The van der Waals surface area contributed by atoms with E-state index in [1.807, 2.05) is 31.1 Å². The fraction of sp³-hybridized carbons (Fsp3) is 0.333. The van der Waals surface area contributed by atoms with E-state index < -0.39 is 0 Å². The van der Waals surface area contributed by atoms with Gasteiger partial charge in [-0.15, -0.1) is 11.3 Å². The van der Waals surface area contributed by atoms with Gasteiger partial charge in [0.05, 0.1) is 17.9 Å². The SMILES string of the molecule is CN(C)Cc1ccc(-c2nc(N3CCOCC3)c3sc4nccnc4c3n2)cc1O. The predicted octanol–water partition coefficient (Wildman–Crippen LogP) is 2.91. The minimum atomic E-state index is 0.243. The lowest BCUT2D eigenvalue weighted by molar-refractivity contribution is 0.122. The zero-order chi connectivity index (χ0) is 20.7. The minimum Gasteiger partial charge on any atom is -0.508 e. The number of morpholine rings is 1. The third-order valence-electron chi connectivity index (χ3n) is 5.08. The molecule has 0 spiro atoms.